The summed E-state index contributed by atoms with van der Waals surface area (Å²) in [4.78, 5) is 8.10. The number of ether oxygens (including phenoxy) is 1. The Morgan fingerprint density at radius 3 is 2.72 bits per heavy atom. The van der Waals surface area contributed by atoms with Gasteiger partial charge >= 0.3 is 0 Å². The quantitative estimate of drug-likeness (QED) is 0.776. The molecule has 2 aromatic rings. The standard InChI is InChI=1S/C14H11FN2O/c1-2-3-8-18-14-9-13(16-10-17-14)11-4-6-12(15)7-5-11/h4-7,9-10H,8H2,1H3. The predicted octanol–water partition coefficient (Wildman–Crippen LogP) is 2.68. The molecule has 1 aromatic carbocycles. The molecular formula is C14H11FN2O. The van der Waals surface area contributed by atoms with Crippen LogP contribution in [0.4, 0.5) is 4.39 Å². The van der Waals surface area contributed by atoms with Crippen LogP contribution in [-0.2, 0) is 0 Å². The summed E-state index contributed by atoms with van der Waals surface area (Å²) in [5.74, 6) is 5.69. The summed E-state index contributed by atoms with van der Waals surface area (Å²) in [5.41, 5.74) is 1.50. The molecule has 0 atom stereocenters. The lowest BCUT2D eigenvalue weighted by molar-refractivity contribution is 0.355. The van der Waals surface area contributed by atoms with Crippen molar-refractivity contribution in [2.24, 2.45) is 0 Å². The van der Waals surface area contributed by atoms with E-state index in [1.807, 2.05) is 0 Å². The first kappa shape index (κ1) is 12.1. The van der Waals surface area contributed by atoms with Gasteiger partial charge in [-0.05, 0) is 31.2 Å². The molecule has 90 valence electrons. The molecule has 2 rings (SSSR count). The molecule has 4 heteroatoms. The van der Waals surface area contributed by atoms with Gasteiger partial charge in [0, 0.05) is 11.6 Å². The Hall–Kier alpha value is -2.41. The van der Waals surface area contributed by atoms with Gasteiger partial charge < -0.3 is 4.74 Å². The summed E-state index contributed by atoms with van der Waals surface area (Å²) >= 11 is 0. The highest BCUT2D eigenvalue weighted by molar-refractivity contribution is 5.59. The van der Waals surface area contributed by atoms with Gasteiger partial charge in [-0.15, -0.1) is 5.92 Å². The van der Waals surface area contributed by atoms with Crippen molar-refractivity contribution in [3.63, 3.8) is 0 Å². The van der Waals surface area contributed by atoms with Gasteiger partial charge in [0.1, 0.15) is 12.1 Å². The van der Waals surface area contributed by atoms with Crippen molar-refractivity contribution in [3.05, 3.63) is 42.5 Å². The summed E-state index contributed by atoms with van der Waals surface area (Å²) in [6.07, 6.45) is 1.41. The van der Waals surface area contributed by atoms with Crippen molar-refractivity contribution in [1.29, 1.82) is 0 Å². The fourth-order valence-corrected chi connectivity index (χ4v) is 1.38. The van der Waals surface area contributed by atoms with Crippen LogP contribution in [0.2, 0.25) is 0 Å². The second kappa shape index (κ2) is 5.78. The van der Waals surface area contributed by atoms with Gasteiger partial charge in [-0.2, -0.15) is 0 Å². The van der Waals surface area contributed by atoms with Crippen molar-refractivity contribution in [2.75, 3.05) is 6.61 Å². The molecule has 0 aliphatic carbocycles. The number of hydrogen-bond donors (Lipinski definition) is 0. The molecule has 0 amide bonds. The average Bonchev–Trinajstić information content (AvgIpc) is 2.40. The summed E-state index contributed by atoms with van der Waals surface area (Å²) in [6, 6.07) is 7.80. The minimum Gasteiger partial charge on any atom is -0.464 e. The molecule has 1 aromatic heterocycles. The van der Waals surface area contributed by atoms with E-state index >= 15 is 0 Å². The zero-order valence-corrected chi connectivity index (χ0v) is 9.85. The first-order valence-corrected chi connectivity index (χ1v) is 5.40. The Morgan fingerprint density at radius 2 is 2.00 bits per heavy atom. The van der Waals surface area contributed by atoms with Crippen LogP contribution < -0.4 is 4.74 Å². The van der Waals surface area contributed by atoms with Crippen molar-refractivity contribution >= 4 is 0 Å². The van der Waals surface area contributed by atoms with E-state index in [-0.39, 0.29) is 12.4 Å². The summed E-state index contributed by atoms with van der Waals surface area (Å²) in [5, 5.41) is 0. The van der Waals surface area contributed by atoms with Gasteiger partial charge in [0.15, 0.2) is 6.61 Å². The number of rotatable bonds is 3. The monoisotopic (exact) mass is 242 g/mol. The molecule has 0 unspecified atom stereocenters. The Morgan fingerprint density at radius 1 is 1.22 bits per heavy atom. The van der Waals surface area contributed by atoms with Gasteiger partial charge in [0.25, 0.3) is 0 Å². The minimum absolute atomic E-state index is 0.275. The van der Waals surface area contributed by atoms with Gasteiger partial charge in [-0.1, -0.05) is 5.92 Å². The van der Waals surface area contributed by atoms with Gasteiger partial charge in [-0.25, -0.2) is 14.4 Å². The number of hydrogen-bond acceptors (Lipinski definition) is 3. The highest BCUT2D eigenvalue weighted by Crippen LogP contribution is 2.19. The van der Waals surface area contributed by atoms with Crippen molar-refractivity contribution in [2.45, 2.75) is 6.92 Å². The molecule has 1 heterocycles. The summed E-state index contributed by atoms with van der Waals surface area (Å²) < 4.78 is 18.1. The SMILES string of the molecule is CC#CCOc1cc(-c2ccc(F)cc2)ncn1. The van der Waals surface area contributed by atoms with Gasteiger partial charge in [0.05, 0.1) is 5.69 Å². The zero-order chi connectivity index (χ0) is 12.8. The van der Waals surface area contributed by atoms with Crippen LogP contribution in [-0.4, -0.2) is 16.6 Å². The molecule has 0 saturated carbocycles. The first-order chi connectivity index (χ1) is 8.79. The lowest BCUT2D eigenvalue weighted by atomic mass is 10.1. The number of benzene rings is 1. The maximum atomic E-state index is 12.8. The molecule has 18 heavy (non-hydrogen) atoms. The highest BCUT2D eigenvalue weighted by Gasteiger charge is 2.02. The topological polar surface area (TPSA) is 35.0 Å². The van der Waals surface area contributed by atoms with Gasteiger partial charge in [0.2, 0.25) is 5.88 Å². The van der Waals surface area contributed by atoms with Gasteiger partial charge in [-0.3, -0.25) is 0 Å². The lowest BCUT2D eigenvalue weighted by Crippen LogP contribution is -1.97. The van der Waals surface area contributed by atoms with Crippen LogP contribution in [0.15, 0.2) is 36.7 Å². The number of aromatic nitrogens is 2. The molecule has 3 nitrogen and oxygen atoms in total. The molecular weight excluding hydrogens is 231 g/mol. The lowest BCUT2D eigenvalue weighted by Gasteiger charge is -2.03. The molecule has 0 aliphatic rings. The molecule has 0 N–H and O–H groups in total. The summed E-state index contributed by atoms with van der Waals surface area (Å²) in [7, 11) is 0. The predicted molar refractivity (Wildman–Crippen MR) is 66.4 cm³/mol. The van der Waals surface area contributed by atoms with Crippen LogP contribution in [0.3, 0.4) is 0 Å². The van der Waals surface area contributed by atoms with E-state index in [2.05, 4.69) is 21.8 Å². The number of halogens is 1. The fraction of sp³-hybridized carbons (Fsp3) is 0.143. The van der Waals surface area contributed by atoms with Crippen LogP contribution in [0.5, 0.6) is 5.88 Å². The van der Waals surface area contributed by atoms with E-state index in [9.17, 15) is 4.39 Å². The van der Waals surface area contributed by atoms with Crippen LogP contribution in [0.1, 0.15) is 6.92 Å². The molecule has 0 bridgehead atoms. The smallest absolute Gasteiger partial charge is 0.217 e. The largest absolute Gasteiger partial charge is 0.464 e. The number of nitrogens with zero attached hydrogens (tertiary/aromatic N) is 2. The second-order valence-corrected chi connectivity index (χ2v) is 3.46. The Balaban J connectivity index is 2.20. The third-order valence-electron chi connectivity index (χ3n) is 2.25. The summed E-state index contributed by atoms with van der Waals surface area (Å²) in [6.45, 7) is 2.03. The maximum absolute atomic E-state index is 12.8. The Kier molecular flexibility index (Phi) is 3.87. The van der Waals surface area contributed by atoms with Crippen LogP contribution in [0.25, 0.3) is 11.3 Å². The second-order valence-electron chi connectivity index (χ2n) is 3.46. The van der Waals surface area contributed by atoms with Crippen molar-refractivity contribution in [3.8, 4) is 29.0 Å². The molecule has 0 radical (unpaired) electrons. The van der Waals surface area contributed by atoms with Crippen LogP contribution >= 0.6 is 0 Å². The van der Waals surface area contributed by atoms with Crippen molar-refractivity contribution < 1.29 is 9.13 Å². The minimum atomic E-state index is -0.275. The first-order valence-electron chi connectivity index (χ1n) is 5.40. The van der Waals surface area contributed by atoms with E-state index in [1.54, 1.807) is 25.1 Å². The van der Waals surface area contributed by atoms with E-state index in [1.165, 1.54) is 18.5 Å². The highest BCUT2D eigenvalue weighted by atomic mass is 19.1. The molecule has 0 saturated heterocycles. The molecule has 0 fully saturated rings. The Labute approximate surface area is 105 Å². The van der Waals surface area contributed by atoms with Crippen LogP contribution in [0, 0.1) is 17.7 Å². The van der Waals surface area contributed by atoms with E-state index < -0.39 is 0 Å². The normalized spacial score (nSPS) is 9.44. The average molecular weight is 242 g/mol. The third-order valence-corrected chi connectivity index (χ3v) is 2.25. The fourth-order valence-electron chi connectivity index (χ4n) is 1.38. The van der Waals surface area contributed by atoms with E-state index in [0.29, 0.717) is 11.6 Å². The Bertz CT molecular complexity index is 585. The van der Waals surface area contributed by atoms with E-state index in [0.717, 1.165) is 5.56 Å². The molecule has 0 spiro atoms. The third kappa shape index (κ3) is 3.05. The van der Waals surface area contributed by atoms with E-state index in [4.69, 9.17) is 4.74 Å². The zero-order valence-electron chi connectivity index (χ0n) is 9.85. The maximum Gasteiger partial charge on any atom is 0.217 e. The molecule has 0 aliphatic heterocycles. The van der Waals surface area contributed by atoms with Crippen molar-refractivity contribution in [1.82, 2.24) is 9.97 Å².